The van der Waals surface area contributed by atoms with Gasteiger partial charge >= 0.3 is 5.97 Å². The van der Waals surface area contributed by atoms with Crippen molar-refractivity contribution in [1.82, 2.24) is 5.32 Å². The lowest BCUT2D eigenvalue weighted by atomic mass is 10.1. The molecule has 3 heteroatoms. The van der Waals surface area contributed by atoms with Crippen LogP contribution in [-0.2, 0) is 9.53 Å². The fourth-order valence-corrected chi connectivity index (χ4v) is 2.31. The van der Waals surface area contributed by atoms with Gasteiger partial charge in [-0.3, -0.25) is 4.79 Å². The van der Waals surface area contributed by atoms with Crippen LogP contribution in [0.3, 0.4) is 0 Å². The van der Waals surface area contributed by atoms with Gasteiger partial charge in [-0.25, -0.2) is 0 Å². The number of hydrogen-bond donors (Lipinski definition) is 1. The Morgan fingerprint density at radius 3 is 2.43 bits per heavy atom. The molecule has 0 aromatic heterocycles. The second-order valence-electron chi connectivity index (χ2n) is 4.35. The van der Waals surface area contributed by atoms with E-state index in [2.05, 4.69) is 5.32 Å². The van der Waals surface area contributed by atoms with Crippen LogP contribution in [0.5, 0.6) is 0 Å². The molecule has 1 heterocycles. The third-order valence-electron chi connectivity index (χ3n) is 3.18. The first-order chi connectivity index (χ1) is 6.86. The van der Waals surface area contributed by atoms with Crippen LogP contribution in [0.25, 0.3) is 0 Å². The van der Waals surface area contributed by atoms with Crippen molar-refractivity contribution in [3.05, 3.63) is 0 Å². The predicted molar refractivity (Wildman–Crippen MR) is 54.0 cm³/mol. The van der Waals surface area contributed by atoms with Crippen molar-refractivity contribution in [1.29, 1.82) is 0 Å². The molecule has 1 saturated carbocycles. The van der Waals surface area contributed by atoms with Crippen LogP contribution >= 0.6 is 0 Å². The molecule has 1 aliphatic heterocycles. The number of esters is 1. The lowest BCUT2D eigenvalue weighted by molar-refractivity contribution is -0.151. The summed E-state index contributed by atoms with van der Waals surface area (Å²) in [6, 6.07) is -0.0238. The monoisotopic (exact) mass is 197 g/mol. The SMILES string of the molecule is O=C(OC1CCCC1)[C@@H]1CCCCN1. The van der Waals surface area contributed by atoms with E-state index in [1.807, 2.05) is 0 Å². The Bertz CT molecular complexity index is 193. The first-order valence-corrected chi connectivity index (χ1v) is 5.80. The van der Waals surface area contributed by atoms with Crippen molar-refractivity contribution < 1.29 is 9.53 Å². The van der Waals surface area contributed by atoms with Gasteiger partial charge in [0.2, 0.25) is 0 Å². The first kappa shape index (κ1) is 9.97. The summed E-state index contributed by atoms with van der Waals surface area (Å²) in [6.07, 6.45) is 8.07. The first-order valence-electron chi connectivity index (χ1n) is 5.80. The van der Waals surface area contributed by atoms with Gasteiger partial charge in [0.1, 0.15) is 12.1 Å². The smallest absolute Gasteiger partial charge is 0.323 e. The highest BCUT2D eigenvalue weighted by Crippen LogP contribution is 2.22. The van der Waals surface area contributed by atoms with E-state index < -0.39 is 0 Å². The normalized spacial score (nSPS) is 29.0. The van der Waals surface area contributed by atoms with Crippen molar-refractivity contribution in [3.63, 3.8) is 0 Å². The summed E-state index contributed by atoms with van der Waals surface area (Å²) in [4.78, 5) is 11.7. The largest absolute Gasteiger partial charge is 0.461 e. The summed E-state index contributed by atoms with van der Waals surface area (Å²) in [5, 5.41) is 3.22. The fraction of sp³-hybridized carbons (Fsp3) is 0.909. The van der Waals surface area contributed by atoms with Crippen LogP contribution in [0.4, 0.5) is 0 Å². The summed E-state index contributed by atoms with van der Waals surface area (Å²) in [5.41, 5.74) is 0. The number of carbonyl (C=O) groups is 1. The highest BCUT2D eigenvalue weighted by molar-refractivity contribution is 5.76. The lowest BCUT2D eigenvalue weighted by Gasteiger charge is -2.23. The second kappa shape index (κ2) is 4.78. The number of nitrogens with one attached hydrogen (secondary N) is 1. The van der Waals surface area contributed by atoms with Gasteiger partial charge in [-0.2, -0.15) is 0 Å². The van der Waals surface area contributed by atoms with Crippen molar-refractivity contribution in [3.8, 4) is 0 Å². The van der Waals surface area contributed by atoms with Gasteiger partial charge in [0.15, 0.2) is 0 Å². The molecule has 80 valence electrons. The minimum atomic E-state index is -0.0238. The van der Waals surface area contributed by atoms with E-state index in [0.29, 0.717) is 0 Å². The minimum Gasteiger partial charge on any atom is -0.461 e. The average molecular weight is 197 g/mol. The molecular weight excluding hydrogens is 178 g/mol. The van der Waals surface area contributed by atoms with Gasteiger partial charge in [0.25, 0.3) is 0 Å². The van der Waals surface area contributed by atoms with Crippen LogP contribution in [0.2, 0.25) is 0 Å². The van der Waals surface area contributed by atoms with Crippen LogP contribution in [0.1, 0.15) is 44.9 Å². The van der Waals surface area contributed by atoms with Gasteiger partial charge in [-0.1, -0.05) is 6.42 Å². The molecule has 2 aliphatic rings. The molecule has 0 amide bonds. The topological polar surface area (TPSA) is 38.3 Å². The van der Waals surface area contributed by atoms with Gasteiger partial charge in [-0.05, 0) is 45.1 Å². The van der Waals surface area contributed by atoms with E-state index in [1.165, 1.54) is 19.3 Å². The number of rotatable bonds is 2. The molecule has 2 fully saturated rings. The highest BCUT2D eigenvalue weighted by Gasteiger charge is 2.26. The molecule has 1 N–H and O–H groups in total. The Morgan fingerprint density at radius 2 is 1.79 bits per heavy atom. The molecule has 1 atom stereocenters. The molecule has 1 aliphatic carbocycles. The Balaban J connectivity index is 1.75. The Labute approximate surface area is 85.2 Å². The number of hydrogen-bond acceptors (Lipinski definition) is 3. The standard InChI is InChI=1S/C11H19NO2/c13-11(10-7-3-4-8-12-10)14-9-5-1-2-6-9/h9-10,12H,1-8H2/t10-/m0/s1. The average Bonchev–Trinajstić information content (AvgIpc) is 2.72. The van der Waals surface area contributed by atoms with E-state index in [0.717, 1.165) is 32.2 Å². The molecule has 1 saturated heterocycles. The van der Waals surface area contributed by atoms with Crippen LogP contribution in [-0.4, -0.2) is 24.7 Å². The van der Waals surface area contributed by atoms with Crippen molar-refractivity contribution in [2.75, 3.05) is 6.54 Å². The maximum Gasteiger partial charge on any atom is 0.323 e. The molecule has 0 spiro atoms. The van der Waals surface area contributed by atoms with Gasteiger partial charge in [-0.15, -0.1) is 0 Å². The molecule has 0 aromatic rings. The zero-order valence-corrected chi connectivity index (χ0v) is 8.63. The Morgan fingerprint density at radius 1 is 1.07 bits per heavy atom. The van der Waals surface area contributed by atoms with E-state index in [9.17, 15) is 4.79 Å². The maximum absolute atomic E-state index is 11.7. The predicted octanol–water partition coefficient (Wildman–Crippen LogP) is 1.61. The second-order valence-corrected chi connectivity index (χ2v) is 4.35. The van der Waals surface area contributed by atoms with Crippen molar-refractivity contribution in [2.45, 2.75) is 57.1 Å². The highest BCUT2D eigenvalue weighted by atomic mass is 16.5. The van der Waals surface area contributed by atoms with Crippen molar-refractivity contribution >= 4 is 5.97 Å². The molecule has 0 unspecified atom stereocenters. The maximum atomic E-state index is 11.7. The summed E-state index contributed by atoms with van der Waals surface area (Å²) < 4.78 is 5.45. The molecule has 3 nitrogen and oxygen atoms in total. The third-order valence-corrected chi connectivity index (χ3v) is 3.18. The lowest BCUT2D eigenvalue weighted by Crippen LogP contribution is -2.42. The van der Waals surface area contributed by atoms with Crippen LogP contribution in [0, 0.1) is 0 Å². The third kappa shape index (κ3) is 2.47. The van der Waals surface area contributed by atoms with Gasteiger partial charge in [0.05, 0.1) is 0 Å². The molecule has 0 aromatic carbocycles. The fourth-order valence-electron chi connectivity index (χ4n) is 2.31. The van der Waals surface area contributed by atoms with Crippen LogP contribution < -0.4 is 5.32 Å². The summed E-state index contributed by atoms with van der Waals surface area (Å²) in [5.74, 6) is -0.0170. The zero-order chi connectivity index (χ0) is 9.80. The zero-order valence-electron chi connectivity index (χ0n) is 8.63. The molecular formula is C11H19NO2. The van der Waals surface area contributed by atoms with E-state index in [-0.39, 0.29) is 18.1 Å². The number of ether oxygens (including phenoxy) is 1. The van der Waals surface area contributed by atoms with Crippen molar-refractivity contribution in [2.24, 2.45) is 0 Å². The molecule has 0 radical (unpaired) electrons. The molecule has 2 rings (SSSR count). The summed E-state index contributed by atoms with van der Waals surface area (Å²) in [7, 11) is 0. The number of piperidine rings is 1. The Hall–Kier alpha value is -0.570. The number of carbonyl (C=O) groups excluding carboxylic acids is 1. The minimum absolute atomic E-state index is 0.0170. The van der Waals surface area contributed by atoms with Gasteiger partial charge in [0, 0.05) is 0 Å². The van der Waals surface area contributed by atoms with Crippen LogP contribution in [0.15, 0.2) is 0 Å². The quantitative estimate of drug-likeness (QED) is 0.683. The van der Waals surface area contributed by atoms with Gasteiger partial charge < -0.3 is 10.1 Å². The summed E-state index contributed by atoms with van der Waals surface area (Å²) in [6.45, 7) is 0.963. The molecule has 0 bridgehead atoms. The van der Waals surface area contributed by atoms with E-state index >= 15 is 0 Å². The van der Waals surface area contributed by atoms with E-state index in [1.54, 1.807) is 0 Å². The Kier molecular flexibility index (Phi) is 3.40. The summed E-state index contributed by atoms with van der Waals surface area (Å²) >= 11 is 0. The van der Waals surface area contributed by atoms with E-state index in [4.69, 9.17) is 4.74 Å². The molecule has 14 heavy (non-hydrogen) atoms.